The lowest BCUT2D eigenvalue weighted by atomic mass is 9.97. The van der Waals surface area contributed by atoms with Gasteiger partial charge in [0.15, 0.2) is 2.14 Å². The molecule has 514 valence electrons. The van der Waals surface area contributed by atoms with Crippen molar-refractivity contribution in [2.75, 3.05) is 115 Å². The van der Waals surface area contributed by atoms with Gasteiger partial charge < -0.3 is 70.1 Å². The molecule has 6 aliphatic heterocycles. The van der Waals surface area contributed by atoms with E-state index in [1.54, 1.807) is 26.0 Å². The highest BCUT2D eigenvalue weighted by Gasteiger charge is 2.43. The molecule has 0 amide bonds. The topological polar surface area (TPSA) is 243 Å². The minimum atomic E-state index is -3.15. The lowest BCUT2D eigenvalue weighted by molar-refractivity contribution is 0.0200. The molecule has 0 aromatic carbocycles. The summed E-state index contributed by atoms with van der Waals surface area (Å²) in [7, 11) is -14.6. The number of hydrogen-bond donors (Lipinski definition) is 2. The van der Waals surface area contributed by atoms with E-state index in [4.69, 9.17) is 81.6 Å². The van der Waals surface area contributed by atoms with Crippen molar-refractivity contribution in [3.8, 4) is 24.2 Å². The van der Waals surface area contributed by atoms with E-state index in [9.17, 15) is 18.3 Å². The third kappa shape index (κ3) is 50.0. The van der Waals surface area contributed by atoms with Crippen molar-refractivity contribution in [3.05, 3.63) is 24.3 Å². The van der Waals surface area contributed by atoms with E-state index in [-0.39, 0.29) is 102 Å². The van der Waals surface area contributed by atoms with Gasteiger partial charge in [-0.3, -0.25) is 18.3 Å². The minimum absolute atomic E-state index is 0. The predicted molar refractivity (Wildman–Crippen MR) is 391 cm³/mol. The highest BCUT2D eigenvalue weighted by molar-refractivity contribution is 9.39. The first-order valence-electron chi connectivity index (χ1n) is 27.1. The van der Waals surface area contributed by atoms with Gasteiger partial charge in [0, 0.05) is 75.7 Å². The van der Waals surface area contributed by atoms with Gasteiger partial charge in [0.05, 0.1) is 110 Å². The average molecular weight is 1840 g/mol. The van der Waals surface area contributed by atoms with Gasteiger partial charge >= 0.3 is 39.0 Å². The molecule has 2 unspecified atom stereocenters. The Morgan fingerprint density at radius 3 is 1.00 bits per heavy atom. The summed E-state index contributed by atoms with van der Waals surface area (Å²) >= 11 is 28.5. The van der Waals surface area contributed by atoms with Crippen LogP contribution in [0.5, 0.6) is 0 Å². The molecule has 6 fully saturated rings. The Morgan fingerprint density at radius 2 is 0.784 bits per heavy atom. The highest BCUT2D eigenvalue weighted by Crippen LogP contribution is 2.59. The SMILES string of the molecule is BrC/C=C/CBr.C#CC#CC(Br)(Br)Br.CC(C)O.CC(C)OP1OCC(C)(C)CO1.CC1(C)COP(=O)(C/C=C/CP2(=O)OCC(C)(C)CO2)OC1.CC1(C)COP(=O)(CC(Br)C(Br)CP2(=O)OCC(C)(C)CO2)OC1.CC1(C)COP(Cl)OC1.N.[B].[B]. The summed E-state index contributed by atoms with van der Waals surface area (Å²) in [6.07, 6.45) is 13.1. The summed E-state index contributed by atoms with van der Waals surface area (Å²) in [6.45, 7) is 37.9. The maximum absolute atomic E-state index is 12.7. The van der Waals surface area contributed by atoms with E-state index in [1.165, 1.54) is 0 Å². The Morgan fingerprint density at radius 1 is 0.534 bits per heavy atom. The Labute approximate surface area is 599 Å². The molecule has 4 N–H and O–H groups in total. The standard InChI is InChI=1S/C14H26Br2O6P2.C14H26O6P2.C8H17O3P.C5HBr3.C5H10ClO2P.C4H6Br2.C3H8O.2B.H3N/c1-13(2)7-19-23(17,20-8-13)5-11(15)12(16)6-24(18)21-9-14(3,4)10-22-24;1-13(2)9-17-21(15,18-10-13)7-5-6-8-22(16)19-11-14(3,4)12-20-22;1-7(2)11-12-9-5-8(3,4)6-10-12;1-2-3-4-5(6,7)8;1-5(2)3-7-9(6)8-4-5;5-3-1-2-4-6;1-3(2)4;;;/h11-12H,5-10H2,1-4H3;5-6H,7-12H2,1-4H3;7H,5-6H2,1-4H3;1H;3-4H2,1-2H3;1-2H,3-4H2;3-4H,1-2H3;;;1H3/b;6-5+;;;;2-1+;;;;. The lowest BCUT2D eigenvalue weighted by Gasteiger charge is -2.36. The number of rotatable bonds is 13. The first kappa shape index (κ1) is 97.9. The van der Waals surface area contributed by atoms with Crippen LogP contribution in [0.1, 0.15) is 111 Å². The van der Waals surface area contributed by atoms with Crippen LogP contribution in [0.15, 0.2) is 24.3 Å². The maximum atomic E-state index is 12.7. The van der Waals surface area contributed by atoms with Crippen LogP contribution < -0.4 is 6.15 Å². The molecule has 6 saturated heterocycles. The molecule has 0 aromatic rings. The number of terminal acetylenes is 1. The molecule has 0 spiro atoms. The summed E-state index contributed by atoms with van der Waals surface area (Å²) in [5.41, 5.74) is -0.208. The molecule has 6 aliphatic rings. The van der Waals surface area contributed by atoms with Gasteiger partial charge in [-0.1, -0.05) is 171 Å². The van der Waals surface area contributed by atoms with Crippen LogP contribution in [0.4, 0.5) is 0 Å². The largest absolute Gasteiger partial charge is 0.394 e. The summed E-state index contributed by atoms with van der Waals surface area (Å²) in [4.78, 5) is -0.477. The Bertz CT molecular complexity index is 2150. The quantitative estimate of drug-likeness (QED) is 0.0572. The molecule has 35 heteroatoms. The molecule has 0 aromatic heterocycles. The second-order valence-electron chi connectivity index (χ2n) is 25.3. The minimum Gasteiger partial charge on any atom is -0.394 e. The number of aliphatic hydroxyl groups excluding tert-OH is 1. The van der Waals surface area contributed by atoms with Gasteiger partial charge in [0.25, 0.3) is 7.73 Å². The van der Waals surface area contributed by atoms with Crippen LogP contribution in [0.25, 0.3) is 0 Å². The van der Waals surface area contributed by atoms with Gasteiger partial charge in [-0.2, -0.15) is 0 Å². The zero-order valence-electron chi connectivity index (χ0n) is 53.9. The van der Waals surface area contributed by atoms with Crippen molar-refractivity contribution >= 4 is 186 Å². The van der Waals surface area contributed by atoms with Gasteiger partial charge in [-0.25, -0.2) is 0 Å². The van der Waals surface area contributed by atoms with Gasteiger partial charge in [-0.15, -0.1) is 6.42 Å². The van der Waals surface area contributed by atoms with E-state index in [1.807, 2.05) is 69.2 Å². The Balaban J connectivity index is -0.000000502. The fourth-order valence-corrected chi connectivity index (χ4v) is 19.8. The lowest BCUT2D eigenvalue weighted by Crippen LogP contribution is -2.34. The van der Waals surface area contributed by atoms with Crippen molar-refractivity contribution in [1.82, 2.24) is 6.15 Å². The molecule has 19 nitrogen and oxygen atoms in total. The molecule has 2 atom stereocenters. The molecule has 0 bridgehead atoms. The van der Waals surface area contributed by atoms with Crippen molar-refractivity contribution in [1.29, 1.82) is 0 Å². The summed E-state index contributed by atoms with van der Waals surface area (Å²) in [5, 5.41) is 9.97. The first-order valence-corrected chi connectivity index (χ1v) is 43.6. The molecule has 6 rings (SSSR count). The molecular formula is C53H97B2Br7ClNO18P6. The third-order valence-electron chi connectivity index (χ3n) is 10.4. The van der Waals surface area contributed by atoms with Crippen LogP contribution in [0.2, 0.25) is 0 Å². The summed E-state index contributed by atoms with van der Waals surface area (Å²) in [6, 6.07) is 0. The van der Waals surface area contributed by atoms with Gasteiger partial charge in [0.1, 0.15) is 0 Å². The number of aliphatic hydroxyl groups is 1. The van der Waals surface area contributed by atoms with Crippen LogP contribution in [-0.4, -0.2) is 161 Å². The third-order valence-corrected chi connectivity index (χ3v) is 25.1. The summed E-state index contributed by atoms with van der Waals surface area (Å²) in [5.74, 6) is 7.23. The fraction of sp³-hybridized carbons (Fsp3) is 0.849. The molecule has 0 aliphatic carbocycles. The van der Waals surface area contributed by atoms with E-state index >= 15 is 0 Å². The van der Waals surface area contributed by atoms with E-state index in [0.717, 1.165) is 23.9 Å². The Hall–Kier alpha value is 3.56. The van der Waals surface area contributed by atoms with E-state index in [0.29, 0.717) is 66.1 Å². The number of alkyl halides is 7. The number of halogens is 8. The van der Waals surface area contributed by atoms with Crippen LogP contribution in [0, 0.1) is 56.7 Å². The van der Waals surface area contributed by atoms with E-state index in [2.05, 4.69) is 169 Å². The monoisotopic (exact) mass is 1830 g/mol. The van der Waals surface area contributed by atoms with Gasteiger partial charge in [-0.05, 0) is 104 Å². The normalized spacial score (nSPS) is 23.8. The zero-order chi connectivity index (χ0) is 65.8. The molecule has 6 radical (unpaired) electrons. The van der Waals surface area contributed by atoms with Crippen molar-refractivity contribution in [2.45, 2.75) is 135 Å². The van der Waals surface area contributed by atoms with Crippen LogP contribution >= 0.6 is 169 Å². The van der Waals surface area contributed by atoms with Gasteiger partial charge in [0.2, 0.25) is 0 Å². The van der Waals surface area contributed by atoms with Crippen molar-refractivity contribution < 1.29 is 82.2 Å². The van der Waals surface area contributed by atoms with Crippen molar-refractivity contribution in [2.24, 2.45) is 32.5 Å². The fourth-order valence-electron chi connectivity index (χ4n) is 5.52. The molecular weight excluding hydrogens is 1740 g/mol. The molecule has 0 saturated carbocycles. The first-order chi connectivity index (χ1) is 38.7. The Kier molecular flexibility index (Phi) is 51.3. The van der Waals surface area contributed by atoms with Crippen molar-refractivity contribution in [3.63, 3.8) is 0 Å². The summed E-state index contributed by atoms with van der Waals surface area (Å²) < 4.78 is 119. The predicted octanol–water partition coefficient (Wildman–Crippen LogP) is 18.9. The number of hydrogen-bond acceptors (Lipinski definition) is 19. The van der Waals surface area contributed by atoms with Crippen LogP contribution in [0.3, 0.4) is 0 Å². The second-order valence-corrected chi connectivity index (χ2v) is 47.1. The maximum Gasteiger partial charge on any atom is 0.334 e. The molecule has 6 heterocycles. The van der Waals surface area contributed by atoms with E-state index < -0.39 is 48.9 Å². The second kappa shape index (κ2) is 46.1. The average Bonchev–Trinajstić information content (AvgIpc) is 1.45. The number of allylic oxidation sites excluding steroid dienone is 4. The molecule has 88 heavy (non-hydrogen) atoms. The zero-order valence-corrected chi connectivity index (χ0v) is 71.1. The highest BCUT2D eigenvalue weighted by atomic mass is 80.0. The smallest absolute Gasteiger partial charge is 0.334 e. The van der Waals surface area contributed by atoms with Crippen LogP contribution in [-0.2, 0) is 77.1 Å².